The van der Waals surface area contributed by atoms with Crippen LogP contribution in [-0.4, -0.2) is 55.5 Å². The number of likely N-dealkylation sites (N-methyl/N-ethyl adjacent to an activating group) is 1. The van der Waals surface area contributed by atoms with Crippen molar-refractivity contribution in [3.05, 3.63) is 48.5 Å². The molecular formula is C20H26N2O4S2. The van der Waals surface area contributed by atoms with E-state index in [0.29, 0.717) is 5.69 Å². The van der Waals surface area contributed by atoms with Crippen LogP contribution in [0.25, 0.3) is 0 Å². The van der Waals surface area contributed by atoms with Crippen molar-refractivity contribution in [2.45, 2.75) is 28.7 Å². The van der Waals surface area contributed by atoms with Crippen molar-refractivity contribution >= 4 is 31.0 Å². The maximum atomic E-state index is 12.4. The lowest BCUT2D eigenvalue weighted by Crippen LogP contribution is -2.47. The zero-order chi connectivity index (χ0) is 20.5. The molecule has 0 saturated carbocycles. The fourth-order valence-corrected chi connectivity index (χ4v) is 5.31. The highest BCUT2D eigenvalue weighted by Gasteiger charge is 2.27. The van der Waals surface area contributed by atoms with Crippen LogP contribution in [0.4, 0.5) is 11.4 Å². The van der Waals surface area contributed by atoms with Gasteiger partial charge in [0.15, 0.2) is 19.7 Å². The highest BCUT2D eigenvalue weighted by Crippen LogP contribution is 2.31. The second kappa shape index (κ2) is 7.75. The molecule has 0 spiro atoms. The van der Waals surface area contributed by atoms with Gasteiger partial charge in [-0.3, -0.25) is 0 Å². The third-order valence-electron chi connectivity index (χ3n) is 5.20. The molecule has 0 radical (unpaired) electrons. The molecule has 8 heteroatoms. The molecule has 1 aliphatic heterocycles. The molecule has 28 heavy (non-hydrogen) atoms. The molecule has 1 saturated heterocycles. The molecule has 0 aliphatic carbocycles. The first-order chi connectivity index (χ1) is 13.1. The van der Waals surface area contributed by atoms with Gasteiger partial charge in [0, 0.05) is 44.4 Å². The van der Waals surface area contributed by atoms with Crippen LogP contribution in [-0.2, 0) is 19.7 Å². The summed E-state index contributed by atoms with van der Waals surface area (Å²) in [6.45, 7) is 1.73. The summed E-state index contributed by atoms with van der Waals surface area (Å²) < 4.78 is 48.5. The zero-order valence-electron chi connectivity index (χ0n) is 16.4. The Morgan fingerprint density at radius 1 is 0.964 bits per heavy atom. The van der Waals surface area contributed by atoms with Crippen molar-refractivity contribution in [1.29, 1.82) is 0 Å². The second-order valence-electron chi connectivity index (χ2n) is 7.36. The zero-order valence-corrected chi connectivity index (χ0v) is 18.0. The van der Waals surface area contributed by atoms with Crippen LogP contribution in [0.1, 0.15) is 12.8 Å². The Balaban J connectivity index is 1.94. The summed E-state index contributed by atoms with van der Waals surface area (Å²) in [5.41, 5.74) is 1.69. The summed E-state index contributed by atoms with van der Waals surface area (Å²) in [6, 6.07) is 14.6. The van der Waals surface area contributed by atoms with E-state index >= 15 is 0 Å². The Bertz CT molecular complexity index is 1050. The molecule has 2 aromatic carbocycles. The highest BCUT2D eigenvalue weighted by atomic mass is 32.2. The molecule has 0 N–H and O–H groups in total. The van der Waals surface area contributed by atoms with Crippen LogP contribution in [0.15, 0.2) is 58.3 Å². The number of benzene rings is 2. The number of para-hydroxylation sites is 1. The van der Waals surface area contributed by atoms with Crippen LogP contribution in [0.5, 0.6) is 0 Å². The number of hydrogen-bond acceptors (Lipinski definition) is 6. The Morgan fingerprint density at radius 2 is 1.64 bits per heavy atom. The van der Waals surface area contributed by atoms with Gasteiger partial charge in [-0.1, -0.05) is 18.2 Å². The summed E-state index contributed by atoms with van der Waals surface area (Å²) in [5.74, 6) is 0. The SMILES string of the molecule is CN(c1ccc(S(C)(=O)=O)cc1S(C)(=O)=O)C1CCCN(c2ccccc2)C1. The lowest BCUT2D eigenvalue weighted by Gasteiger charge is -2.40. The molecule has 1 atom stereocenters. The molecule has 2 aromatic rings. The van der Waals surface area contributed by atoms with Crippen molar-refractivity contribution in [2.24, 2.45) is 0 Å². The van der Waals surface area contributed by atoms with E-state index in [0.717, 1.165) is 44.1 Å². The number of sulfone groups is 2. The van der Waals surface area contributed by atoms with Gasteiger partial charge < -0.3 is 9.80 Å². The molecule has 1 aliphatic rings. The van der Waals surface area contributed by atoms with E-state index < -0.39 is 19.7 Å². The van der Waals surface area contributed by atoms with Gasteiger partial charge in [0.05, 0.1) is 15.5 Å². The molecule has 1 heterocycles. The minimum absolute atomic E-state index is 0.0135. The van der Waals surface area contributed by atoms with E-state index in [1.807, 2.05) is 30.1 Å². The van der Waals surface area contributed by atoms with Gasteiger partial charge in [-0.15, -0.1) is 0 Å². The first-order valence-electron chi connectivity index (χ1n) is 9.14. The van der Waals surface area contributed by atoms with Crippen molar-refractivity contribution < 1.29 is 16.8 Å². The molecule has 6 nitrogen and oxygen atoms in total. The first-order valence-corrected chi connectivity index (χ1v) is 12.9. The molecule has 0 amide bonds. The van der Waals surface area contributed by atoms with E-state index in [9.17, 15) is 16.8 Å². The average molecular weight is 423 g/mol. The Morgan fingerprint density at radius 3 is 2.25 bits per heavy atom. The summed E-state index contributed by atoms with van der Waals surface area (Å²) in [5, 5.41) is 0. The summed E-state index contributed by atoms with van der Waals surface area (Å²) in [7, 11) is -5.20. The van der Waals surface area contributed by atoms with Crippen LogP contribution in [0.2, 0.25) is 0 Å². The standard InChI is InChI=1S/C20H26N2O4S2/c1-21(17-10-7-13-22(15-17)16-8-5-4-6-9-16)19-12-11-18(27(2,23)24)14-20(19)28(3,25)26/h4-6,8-9,11-12,14,17H,7,10,13,15H2,1-3H3. The third-order valence-corrected chi connectivity index (χ3v) is 7.44. The number of rotatable bonds is 5. The van der Waals surface area contributed by atoms with E-state index in [1.165, 1.54) is 12.1 Å². The molecule has 0 aromatic heterocycles. The van der Waals surface area contributed by atoms with Crippen LogP contribution in [0.3, 0.4) is 0 Å². The summed E-state index contributed by atoms with van der Waals surface area (Å²) in [6.07, 6.45) is 4.13. The predicted octanol–water partition coefficient (Wildman–Crippen LogP) is 2.60. The van der Waals surface area contributed by atoms with Crippen molar-refractivity contribution in [2.75, 3.05) is 42.4 Å². The van der Waals surface area contributed by atoms with Gasteiger partial charge in [-0.05, 0) is 43.2 Å². The third kappa shape index (κ3) is 4.50. The van der Waals surface area contributed by atoms with Gasteiger partial charge in [0.2, 0.25) is 0 Å². The largest absolute Gasteiger partial charge is 0.369 e. The smallest absolute Gasteiger partial charge is 0.177 e. The molecule has 3 rings (SSSR count). The molecule has 1 fully saturated rings. The lowest BCUT2D eigenvalue weighted by molar-refractivity contribution is 0.486. The number of hydrogen-bond donors (Lipinski definition) is 0. The molecule has 152 valence electrons. The van der Waals surface area contributed by atoms with Crippen LogP contribution < -0.4 is 9.80 Å². The van der Waals surface area contributed by atoms with Gasteiger partial charge in [0.1, 0.15) is 0 Å². The monoisotopic (exact) mass is 422 g/mol. The molecule has 1 unspecified atom stereocenters. The normalized spacial score (nSPS) is 18.1. The summed E-state index contributed by atoms with van der Waals surface area (Å²) in [4.78, 5) is 4.34. The number of anilines is 2. The molecule has 0 bridgehead atoms. The van der Waals surface area contributed by atoms with Gasteiger partial charge in [-0.2, -0.15) is 0 Å². The van der Waals surface area contributed by atoms with E-state index in [-0.39, 0.29) is 15.8 Å². The second-order valence-corrected chi connectivity index (χ2v) is 11.4. The van der Waals surface area contributed by atoms with E-state index in [1.54, 1.807) is 6.07 Å². The quantitative estimate of drug-likeness (QED) is 0.737. The van der Waals surface area contributed by atoms with E-state index in [2.05, 4.69) is 17.0 Å². The first kappa shape index (κ1) is 20.7. The maximum Gasteiger partial charge on any atom is 0.177 e. The van der Waals surface area contributed by atoms with Crippen molar-refractivity contribution in [3.63, 3.8) is 0 Å². The van der Waals surface area contributed by atoms with Crippen molar-refractivity contribution in [3.8, 4) is 0 Å². The lowest BCUT2D eigenvalue weighted by atomic mass is 10.0. The molecular weight excluding hydrogens is 396 g/mol. The van der Waals surface area contributed by atoms with Gasteiger partial charge in [-0.25, -0.2) is 16.8 Å². The van der Waals surface area contributed by atoms with Crippen molar-refractivity contribution in [1.82, 2.24) is 0 Å². The van der Waals surface area contributed by atoms with E-state index in [4.69, 9.17) is 0 Å². The van der Waals surface area contributed by atoms with Crippen LogP contribution >= 0.6 is 0 Å². The van der Waals surface area contributed by atoms with Gasteiger partial charge in [0.25, 0.3) is 0 Å². The maximum absolute atomic E-state index is 12.4. The fourth-order valence-electron chi connectivity index (χ4n) is 3.65. The highest BCUT2D eigenvalue weighted by molar-refractivity contribution is 7.91. The topological polar surface area (TPSA) is 74.8 Å². The average Bonchev–Trinajstić information content (AvgIpc) is 2.66. The summed E-state index contributed by atoms with van der Waals surface area (Å²) >= 11 is 0. The predicted molar refractivity (Wildman–Crippen MR) is 113 cm³/mol. The Hall–Kier alpha value is -2.06. The van der Waals surface area contributed by atoms with Gasteiger partial charge >= 0.3 is 0 Å². The minimum Gasteiger partial charge on any atom is -0.369 e. The number of nitrogens with zero attached hydrogens (tertiary/aromatic N) is 2. The Labute approximate surface area is 167 Å². The number of piperidine rings is 1. The van der Waals surface area contributed by atoms with Crippen LogP contribution in [0, 0.1) is 0 Å². The minimum atomic E-state index is -3.59. The fraction of sp³-hybridized carbons (Fsp3) is 0.400. The Kier molecular flexibility index (Phi) is 5.72.